The van der Waals surface area contributed by atoms with Crippen molar-refractivity contribution in [3.63, 3.8) is 0 Å². The van der Waals surface area contributed by atoms with E-state index in [-0.39, 0.29) is 24.7 Å². The lowest BCUT2D eigenvalue weighted by atomic mass is 10.1. The number of benzene rings is 2. The van der Waals surface area contributed by atoms with E-state index in [0.717, 1.165) is 25.0 Å². The van der Waals surface area contributed by atoms with Crippen molar-refractivity contribution in [3.8, 4) is 5.75 Å². The number of rotatable bonds is 8. The third-order valence-corrected chi connectivity index (χ3v) is 4.56. The molecule has 1 N–H and O–H groups in total. The Bertz CT molecular complexity index is 769. The monoisotopic (exact) mass is 383 g/mol. The quantitative estimate of drug-likeness (QED) is 0.708. The molecule has 28 heavy (non-hydrogen) atoms. The summed E-state index contributed by atoms with van der Waals surface area (Å²) in [5.41, 5.74) is 1.36. The van der Waals surface area contributed by atoms with Gasteiger partial charge in [0.05, 0.1) is 17.7 Å². The predicted molar refractivity (Wildman–Crippen MR) is 104 cm³/mol. The summed E-state index contributed by atoms with van der Waals surface area (Å²) in [6.45, 7) is 2.84. The van der Waals surface area contributed by atoms with Crippen LogP contribution in [0.15, 0.2) is 54.6 Å². The Morgan fingerprint density at radius 3 is 2.57 bits per heavy atom. The molecule has 0 spiro atoms. The van der Waals surface area contributed by atoms with Crippen LogP contribution >= 0.6 is 0 Å². The molecule has 1 heterocycles. The number of hydrogen-bond donors (Lipinski definition) is 1. The van der Waals surface area contributed by atoms with Gasteiger partial charge in [0.2, 0.25) is 0 Å². The first-order valence-electron chi connectivity index (χ1n) is 9.48. The molecule has 2 atom stereocenters. The van der Waals surface area contributed by atoms with Crippen molar-refractivity contribution in [1.82, 2.24) is 5.32 Å². The summed E-state index contributed by atoms with van der Waals surface area (Å²) in [6, 6.07) is 16.1. The zero-order valence-electron chi connectivity index (χ0n) is 15.9. The Morgan fingerprint density at radius 1 is 1.14 bits per heavy atom. The summed E-state index contributed by atoms with van der Waals surface area (Å²) < 4.78 is 16.3. The second-order valence-electron chi connectivity index (χ2n) is 6.75. The SMILES string of the molecule is C[C@H](NC(=O)COC(=O)c1ccc(OC[C@@H]2CCCO2)cc1)c1ccccc1. The van der Waals surface area contributed by atoms with Crippen LogP contribution in [0.2, 0.25) is 0 Å². The van der Waals surface area contributed by atoms with Crippen LogP contribution in [-0.4, -0.2) is 37.8 Å². The van der Waals surface area contributed by atoms with E-state index in [1.807, 2.05) is 37.3 Å². The van der Waals surface area contributed by atoms with Crippen molar-refractivity contribution >= 4 is 11.9 Å². The fourth-order valence-corrected chi connectivity index (χ4v) is 2.97. The summed E-state index contributed by atoms with van der Waals surface area (Å²) in [5.74, 6) is -0.226. The molecule has 2 aromatic carbocycles. The summed E-state index contributed by atoms with van der Waals surface area (Å²) in [6.07, 6.45) is 2.22. The summed E-state index contributed by atoms with van der Waals surface area (Å²) in [4.78, 5) is 24.1. The van der Waals surface area contributed by atoms with Crippen molar-refractivity contribution in [2.75, 3.05) is 19.8 Å². The van der Waals surface area contributed by atoms with Crippen molar-refractivity contribution in [1.29, 1.82) is 0 Å². The molecular formula is C22H25NO5. The van der Waals surface area contributed by atoms with Crippen LogP contribution in [0.3, 0.4) is 0 Å². The average molecular weight is 383 g/mol. The fourth-order valence-electron chi connectivity index (χ4n) is 2.97. The fraction of sp³-hybridized carbons (Fsp3) is 0.364. The maximum absolute atomic E-state index is 12.1. The van der Waals surface area contributed by atoms with Gasteiger partial charge in [0.1, 0.15) is 12.4 Å². The van der Waals surface area contributed by atoms with Crippen LogP contribution in [0.25, 0.3) is 0 Å². The lowest BCUT2D eigenvalue weighted by molar-refractivity contribution is -0.124. The highest BCUT2D eigenvalue weighted by atomic mass is 16.5. The minimum Gasteiger partial charge on any atom is -0.491 e. The van der Waals surface area contributed by atoms with Gasteiger partial charge in [-0.3, -0.25) is 4.79 Å². The molecule has 0 radical (unpaired) electrons. The largest absolute Gasteiger partial charge is 0.491 e. The van der Waals surface area contributed by atoms with Crippen LogP contribution in [0, 0.1) is 0 Å². The molecule has 148 valence electrons. The van der Waals surface area contributed by atoms with E-state index in [1.54, 1.807) is 24.3 Å². The number of amides is 1. The number of esters is 1. The van der Waals surface area contributed by atoms with Gasteiger partial charge < -0.3 is 19.5 Å². The van der Waals surface area contributed by atoms with Gasteiger partial charge in [0, 0.05) is 6.61 Å². The van der Waals surface area contributed by atoms with E-state index in [1.165, 1.54) is 0 Å². The molecule has 1 aliphatic heterocycles. The van der Waals surface area contributed by atoms with Gasteiger partial charge in [-0.2, -0.15) is 0 Å². The van der Waals surface area contributed by atoms with Crippen molar-refractivity contribution in [3.05, 3.63) is 65.7 Å². The van der Waals surface area contributed by atoms with Gasteiger partial charge in [-0.25, -0.2) is 4.79 Å². The lowest BCUT2D eigenvalue weighted by Gasteiger charge is -2.14. The minimum atomic E-state index is -0.548. The molecule has 1 saturated heterocycles. The number of carbonyl (C=O) groups is 2. The number of nitrogens with one attached hydrogen (secondary N) is 1. The van der Waals surface area contributed by atoms with E-state index < -0.39 is 5.97 Å². The van der Waals surface area contributed by atoms with Gasteiger partial charge in [0.25, 0.3) is 5.91 Å². The minimum absolute atomic E-state index is 0.140. The van der Waals surface area contributed by atoms with Crippen molar-refractivity contribution in [2.45, 2.75) is 31.9 Å². The molecule has 0 unspecified atom stereocenters. The molecule has 6 heteroatoms. The summed E-state index contributed by atoms with van der Waals surface area (Å²) in [5, 5.41) is 2.81. The van der Waals surface area contributed by atoms with E-state index in [9.17, 15) is 9.59 Å². The maximum Gasteiger partial charge on any atom is 0.338 e. The van der Waals surface area contributed by atoms with Gasteiger partial charge >= 0.3 is 5.97 Å². The standard InChI is InChI=1S/C22H25NO5/c1-16(17-6-3-2-4-7-17)23-21(24)15-28-22(25)18-9-11-19(12-10-18)27-14-20-8-5-13-26-20/h2-4,6-7,9-12,16,20H,5,8,13-15H2,1H3,(H,23,24)/t16-,20-/m0/s1. The molecule has 1 aliphatic rings. The maximum atomic E-state index is 12.1. The molecular weight excluding hydrogens is 358 g/mol. The normalized spacial score (nSPS) is 17.0. The molecule has 1 fully saturated rings. The van der Waals surface area contributed by atoms with E-state index in [0.29, 0.717) is 17.9 Å². The lowest BCUT2D eigenvalue weighted by Crippen LogP contribution is -2.31. The summed E-state index contributed by atoms with van der Waals surface area (Å²) >= 11 is 0. The topological polar surface area (TPSA) is 73.9 Å². The predicted octanol–water partition coefficient (Wildman–Crippen LogP) is 3.28. The highest BCUT2D eigenvalue weighted by Crippen LogP contribution is 2.17. The average Bonchev–Trinajstić information content (AvgIpc) is 3.25. The molecule has 6 nitrogen and oxygen atoms in total. The molecule has 0 bridgehead atoms. The number of hydrogen-bond acceptors (Lipinski definition) is 5. The molecule has 1 amide bonds. The number of carbonyl (C=O) groups excluding carboxylic acids is 2. The molecule has 0 saturated carbocycles. The Balaban J connectivity index is 1.41. The van der Waals surface area contributed by atoms with Crippen LogP contribution in [0.5, 0.6) is 5.75 Å². The highest BCUT2D eigenvalue weighted by molar-refractivity contribution is 5.91. The molecule has 0 aromatic heterocycles. The third kappa shape index (κ3) is 5.82. The second kappa shape index (κ2) is 9.90. The first-order chi connectivity index (χ1) is 13.6. The smallest absolute Gasteiger partial charge is 0.338 e. The Hall–Kier alpha value is -2.86. The highest BCUT2D eigenvalue weighted by Gasteiger charge is 2.16. The Morgan fingerprint density at radius 2 is 1.89 bits per heavy atom. The van der Waals surface area contributed by atoms with Crippen LogP contribution in [0.1, 0.15) is 41.7 Å². The van der Waals surface area contributed by atoms with Crippen LogP contribution in [-0.2, 0) is 14.3 Å². The first kappa shape index (κ1) is 19.9. The zero-order chi connectivity index (χ0) is 19.8. The van der Waals surface area contributed by atoms with Gasteiger partial charge in [-0.05, 0) is 49.6 Å². The summed E-state index contributed by atoms with van der Waals surface area (Å²) in [7, 11) is 0. The van der Waals surface area contributed by atoms with Crippen LogP contribution < -0.4 is 10.1 Å². The Kier molecular flexibility index (Phi) is 7.03. The molecule has 0 aliphatic carbocycles. The zero-order valence-corrected chi connectivity index (χ0v) is 15.9. The van der Waals surface area contributed by atoms with Crippen molar-refractivity contribution < 1.29 is 23.8 Å². The van der Waals surface area contributed by atoms with E-state index in [4.69, 9.17) is 14.2 Å². The van der Waals surface area contributed by atoms with Crippen molar-refractivity contribution in [2.24, 2.45) is 0 Å². The van der Waals surface area contributed by atoms with E-state index >= 15 is 0 Å². The van der Waals surface area contributed by atoms with Crippen LogP contribution in [0.4, 0.5) is 0 Å². The van der Waals surface area contributed by atoms with Gasteiger partial charge in [-0.15, -0.1) is 0 Å². The number of ether oxygens (including phenoxy) is 3. The molecule has 2 aromatic rings. The first-order valence-corrected chi connectivity index (χ1v) is 9.48. The third-order valence-electron chi connectivity index (χ3n) is 4.56. The second-order valence-corrected chi connectivity index (χ2v) is 6.75. The van der Waals surface area contributed by atoms with Gasteiger partial charge in [0.15, 0.2) is 6.61 Å². The van der Waals surface area contributed by atoms with Gasteiger partial charge in [-0.1, -0.05) is 30.3 Å². The van der Waals surface area contributed by atoms with E-state index in [2.05, 4.69) is 5.32 Å². The Labute approximate surface area is 164 Å². The molecule has 3 rings (SSSR count).